The molecule has 0 spiro atoms. The topological polar surface area (TPSA) is 60.2 Å². The lowest BCUT2D eigenvalue weighted by Gasteiger charge is -2.07. The lowest BCUT2D eigenvalue weighted by atomic mass is 10.0. The first-order valence-corrected chi connectivity index (χ1v) is 7.55. The van der Waals surface area contributed by atoms with Crippen molar-refractivity contribution in [3.05, 3.63) is 66.0 Å². The fourth-order valence-corrected chi connectivity index (χ4v) is 2.20. The van der Waals surface area contributed by atoms with Gasteiger partial charge in [-0.05, 0) is 47.9 Å². The molecule has 0 saturated heterocycles. The standard InChI is InChI=1S/C18H19N3O2/c1-13(2)14-3-9-18(10-4-14)23-12-15-11-21(20-19-15)16-5-7-17(22)8-6-16/h3-11,13,22H,12H2,1-2H3. The van der Waals surface area contributed by atoms with Gasteiger partial charge in [0.05, 0.1) is 11.9 Å². The fraction of sp³-hybridized carbons (Fsp3) is 0.222. The van der Waals surface area contributed by atoms with Crippen LogP contribution < -0.4 is 4.74 Å². The predicted octanol–water partition coefficient (Wildman–Crippen LogP) is 3.68. The average molecular weight is 309 g/mol. The highest BCUT2D eigenvalue weighted by Gasteiger charge is 2.05. The summed E-state index contributed by atoms with van der Waals surface area (Å²) in [7, 11) is 0. The van der Waals surface area contributed by atoms with Crippen LogP contribution in [0.15, 0.2) is 54.7 Å². The van der Waals surface area contributed by atoms with E-state index in [1.165, 1.54) is 5.56 Å². The summed E-state index contributed by atoms with van der Waals surface area (Å²) in [6.45, 7) is 4.69. The van der Waals surface area contributed by atoms with Crippen molar-refractivity contribution in [2.75, 3.05) is 0 Å². The summed E-state index contributed by atoms with van der Waals surface area (Å²) in [5, 5.41) is 17.5. The van der Waals surface area contributed by atoms with Crippen LogP contribution in [-0.4, -0.2) is 20.1 Å². The highest BCUT2D eigenvalue weighted by Crippen LogP contribution is 2.19. The van der Waals surface area contributed by atoms with E-state index in [4.69, 9.17) is 4.74 Å². The number of hydrogen-bond donors (Lipinski definition) is 1. The minimum atomic E-state index is 0.224. The minimum absolute atomic E-state index is 0.224. The van der Waals surface area contributed by atoms with Crippen LogP contribution in [-0.2, 0) is 6.61 Å². The number of aromatic hydroxyl groups is 1. The van der Waals surface area contributed by atoms with Crippen molar-refractivity contribution in [2.45, 2.75) is 26.4 Å². The number of rotatable bonds is 5. The molecule has 3 aromatic rings. The summed E-state index contributed by atoms with van der Waals surface area (Å²) in [6, 6.07) is 14.9. The van der Waals surface area contributed by atoms with Crippen molar-refractivity contribution in [3.8, 4) is 17.2 Å². The molecular formula is C18H19N3O2. The molecule has 118 valence electrons. The molecule has 0 aliphatic rings. The Balaban J connectivity index is 1.64. The van der Waals surface area contributed by atoms with Crippen LogP contribution in [0.5, 0.6) is 11.5 Å². The molecule has 2 aromatic carbocycles. The molecule has 0 amide bonds. The second kappa shape index (κ2) is 6.52. The number of phenolic OH excluding ortho intramolecular Hbond substituents is 1. The number of aromatic nitrogens is 3. The summed E-state index contributed by atoms with van der Waals surface area (Å²) in [4.78, 5) is 0. The predicted molar refractivity (Wildman–Crippen MR) is 87.9 cm³/mol. The molecule has 0 aliphatic carbocycles. The molecule has 0 saturated carbocycles. The first-order valence-electron chi connectivity index (χ1n) is 7.55. The van der Waals surface area contributed by atoms with Crippen LogP contribution in [0.3, 0.4) is 0 Å². The largest absolute Gasteiger partial charge is 0.508 e. The van der Waals surface area contributed by atoms with Crippen molar-refractivity contribution in [1.82, 2.24) is 15.0 Å². The van der Waals surface area contributed by atoms with Gasteiger partial charge in [0.25, 0.3) is 0 Å². The van der Waals surface area contributed by atoms with E-state index in [0.717, 1.165) is 17.1 Å². The number of nitrogens with zero attached hydrogens (tertiary/aromatic N) is 3. The molecule has 1 heterocycles. The first kappa shape index (κ1) is 15.1. The van der Waals surface area contributed by atoms with Gasteiger partial charge >= 0.3 is 0 Å². The Hall–Kier alpha value is -2.82. The number of ether oxygens (including phenoxy) is 1. The molecular weight excluding hydrogens is 290 g/mol. The van der Waals surface area contributed by atoms with Gasteiger partial charge in [0.2, 0.25) is 0 Å². The first-order chi connectivity index (χ1) is 11.1. The zero-order valence-corrected chi connectivity index (χ0v) is 13.2. The monoisotopic (exact) mass is 309 g/mol. The Morgan fingerprint density at radius 1 is 1.04 bits per heavy atom. The van der Waals surface area contributed by atoms with Gasteiger partial charge in [-0.2, -0.15) is 0 Å². The van der Waals surface area contributed by atoms with Crippen molar-refractivity contribution in [2.24, 2.45) is 0 Å². The molecule has 0 atom stereocenters. The maximum Gasteiger partial charge on any atom is 0.134 e. The van der Waals surface area contributed by atoms with E-state index < -0.39 is 0 Å². The van der Waals surface area contributed by atoms with E-state index in [2.05, 4.69) is 36.3 Å². The van der Waals surface area contributed by atoms with E-state index >= 15 is 0 Å². The second-order valence-corrected chi connectivity index (χ2v) is 5.68. The van der Waals surface area contributed by atoms with Crippen LogP contribution in [0, 0.1) is 0 Å². The average Bonchev–Trinajstić information content (AvgIpc) is 3.03. The fourth-order valence-electron chi connectivity index (χ4n) is 2.20. The SMILES string of the molecule is CC(C)c1ccc(OCc2cn(-c3ccc(O)cc3)nn2)cc1. The Bertz CT molecular complexity index is 762. The summed E-state index contributed by atoms with van der Waals surface area (Å²) in [5.41, 5.74) is 2.87. The molecule has 1 N–H and O–H groups in total. The van der Waals surface area contributed by atoms with Crippen molar-refractivity contribution in [3.63, 3.8) is 0 Å². The highest BCUT2D eigenvalue weighted by molar-refractivity contribution is 5.36. The molecule has 0 aliphatic heterocycles. The molecule has 0 bridgehead atoms. The minimum Gasteiger partial charge on any atom is -0.508 e. The van der Waals surface area contributed by atoms with Crippen molar-refractivity contribution in [1.29, 1.82) is 0 Å². The zero-order chi connectivity index (χ0) is 16.2. The summed E-state index contributed by atoms with van der Waals surface area (Å²) in [6.07, 6.45) is 1.81. The smallest absolute Gasteiger partial charge is 0.134 e. The van der Waals surface area contributed by atoms with E-state index in [1.54, 1.807) is 28.9 Å². The molecule has 1 aromatic heterocycles. The zero-order valence-electron chi connectivity index (χ0n) is 13.2. The number of phenols is 1. The Morgan fingerprint density at radius 2 is 1.74 bits per heavy atom. The van der Waals surface area contributed by atoms with Gasteiger partial charge in [0.15, 0.2) is 0 Å². The number of benzene rings is 2. The van der Waals surface area contributed by atoms with Crippen LogP contribution in [0.25, 0.3) is 5.69 Å². The highest BCUT2D eigenvalue weighted by atomic mass is 16.5. The van der Waals surface area contributed by atoms with Gasteiger partial charge in [0, 0.05) is 0 Å². The molecule has 0 unspecified atom stereocenters. The Morgan fingerprint density at radius 3 is 2.39 bits per heavy atom. The van der Waals surface area contributed by atoms with Crippen molar-refractivity contribution >= 4 is 0 Å². The second-order valence-electron chi connectivity index (χ2n) is 5.68. The van der Waals surface area contributed by atoms with E-state index in [9.17, 15) is 5.11 Å². The molecule has 5 nitrogen and oxygen atoms in total. The third-order valence-electron chi connectivity index (χ3n) is 3.59. The lowest BCUT2D eigenvalue weighted by molar-refractivity contribution is 0.301. The summed E-state index contributed by atoms with van der Waals surface area (Å²) < 4.78 is 7.39. The van der Waals surface area contributed by atoms with Gasteiger partial charge in [-0.3, -0.25) is 0 Å². The molecule has 0 radical (unpaired) electrons. The molecule has 3 rings (SSSR count). The van der Waals surface area contributed by atoms with Crippen LogP contribution in [0.2, 0.25) is 0 Å². The summed E-state index contributed by atoms with van der Waals surface area (Å²) in [5.74, 6) is 1.55. The van der Waals surface area contributed by atoms with E-state index in [0.29, 0.717) is 12.5 Å². The molecule has 0 fully saturated rings. The maximum atomic E-state index is 9.31. The van der Waals surface area contributed by atoms with Crippen LogP contribution in [0.1, 0.15) is 31.0 Å². The third-order valence-corrected chi connectivity index (χ3v) is 3.59. The normalized spacial score (nSPS) is 10.9. The van der Waals surface area contributed by atoms with E-state index in [-0.39, 0.29) is 5.75 Å². The van der Waals surface area contributed by atoms with Crippen LogP contribution >= 0.6 is 0 Å². The van der Waals surface area contributed by atoms with Gasteiger partial charge in [-0.25, -0.2) is 4.68 Å². The third kappa shape index (κ3) is 3.69. The number of hydrogen-bond acceptors (Lipinski definition) is 4. The van der Waals surface area contributed by atoms with Crippen molar-refractivity contribution < 1.29 is 9.84 Å². The van der Waals surface area contributed by atoms with Gasteiger partial charge in [-0.15, -0.1) is 5.10 Å². The van der Waals surface area contributed by atoms with E-state index in [1.807, 2.05) is 18.3 Å². The summed E-state index contributed by atoms with van der Waals surface area (Å²) >= 11 is 0. The van der Waals surface area contributed by atoms with Crippen LogP contribution in [0.4, 0.5) is 0 Å². The molecule has 5 heteroatoms. The Labute approximate surface area is 135 Å². The van der Waals surface area contributed by atoms with Gasteiger partial charge in [-0.1, -0.05) is 31.2 Å². The Kier molecular flexibility index (Phi) is 4.28. The lowest BCUT2D eigenvalue weighted by Crippen LogP contribution is -1.96. The maximum absolute atomic E-state index is 9.31. The van der Waals surface area contributed by atoms with Gasteiger partial charge < -0.3 is 9.84 Å². The quantitative estimate of drug-likeness (QED) is 0.781. The van der Waals surface area contributed by atoms with Gasteiger partial charge in [0.1, 0.15) is 23.8 Å². The molecule has 23 heavy (non-hydrogen) atoms.